The maximum atomic E-state index is 15.6. The van der Waals surface area contributed by atoms with E-state index in [0.717, 1.165) is 11.1 Å². The summed E-state index contributed by atoms with van der Waals surface area (Å²) in [7, 11) is 0. The van der Waals surface area contributed by atoms with Crippen LogP contribution in [0.5, 0.6) is 11.8 Å². The molecule has 1 aromatic heterocycles. The Morgan fingerprint density at radius 3 is 2.07 bits per heavy atom. The molecule has 1 amide bonds. The highest BCUT2D eigenvalue weighted by Crippen LogP contribution is 2.36. The summed E-state index contributed by atoms with van der Waals surface area (Å²) in [6, 6.07) is 28.7. The lowest BCUT2D eigenvalue weighted by Crippen LogP contribution is -2.41. The van der Waals surface area contributed by atoms with Crippen LogP contribution in [0.25, 0.3) is 11.1 Å². The van der Waals surface area contributed by atoms with Gasteiger partial charge in [-0.05, 0) is 73.9 Å². The average Bonchev–Trinajstić information content (AvgIpc) is 2.99. The Bertz CT molecular complexity index is 1480. The van der Waals surface area contributed by atoms with Crippen LogP contribution in [0.2, 0.25) is 0 Å². The molecule has 0 bridgehead atoms. The molecule has 0 radical (unpaired) electrons. The van der Waals surface area contributed by atoms with Gasteiger partial charge in [0.25, 0.3) is 0 Å². The molecule has 0 N–H and O–H groups in total. The van der Waals surface area contributed by atoms with E-state index < -0.39 is 5.60 Å². The predicted molar refractivity (Wildman–Crippen MR) is 161 cm³/mol. The minimum absolute atomic E-state index is 0.0263. The Labute approximate surface area is 247 Å². The van der Waals surface area contributed by atoms with Crippen molar-refractivity contribution in [1.82, 2.24) is 9.88 Å². The van der Waals surface area contributed by atoms with Gasteiger partial charge < -0.3 is 19.1 Å². The van der Waals surface area contributed by atoms with Gasteiger partial charge in [0.1, 0.15) is 24.6 Å². The highest BCUT2D eigenvalue weighted by Gasteiger charge is 2.29. The number of hydrogen-bond donors (Lipinski definition) is 0. The lowest BCUT2D eigenvalue weighted by Gasteiger charge is -2.33. The molecule has 7 heteroatoms. The number of rotatable bonds is 8. The molecule has 1 saturated heterocycles. The van der Waals surface area contributed by atoms with Gasteiger partial charge in [-0.3, -0.25) is 0 Å². The van der Waals surface area contributed by atoms with Crippen LogP contribution in [0.3, 0.4) is 0 Å². The van der Waals surface area contributed by atoms with Gasteiger partial charge in [0.2, 0.25) is 11.8 Å². The number of carbonyl (C=O) groups is 1. The van der Waals surface area contributed by atoms with Gasteiger partial charge in [-0.1, -0.05) is 72.8 Å². The number of hydrogen-bond acceptors (Lipinski definition) is 5. The third kappa shape index (κ3) is 7.66. The largest absolute Gasteiger partial charge is 0.473 e. The van der Waals surface area contributed by atoms with E-state index in [1.54, 1.807) is 17.0 Å². The van der Waals surface area contributed by atoms with Crippen LogP contribution in [0, 0.1) is 5.82 Å². The van der Waals surface area contributed by atoms with Crippen molar-refractivity contribution in [2.75, 3.05) is 13.1 Å². The zero-order valence-electron chi connectivity index (χ0n) is 24.4. The molecule has 0 unspecified atom stereocenters. The van der Waals surface area contributed by atoms with Gasteiger partial charge in [0, 0.05) is 24.7 Å². The SMILES string of the molecule is CC(C)(C)OC(=O)N1CCC(c2ccc(-c3ccc(OCc4ccccc4)nc3OCc3ccccc3)cc2F)CC1. The van der Waals surface area contributed by atoms with Crippen molar-refractivity contribution in [3.05, 3.63) is 114 Å². The molecule has 2 heterocycles. The van der Waals surface area contributed by atoms with Gasteiger partial charge in [0.05, 0.1) is 0 Å². The fraction of sp³-hybridized carbons (Fsp3) is 0.314. The molecule has 0 spiro atoms. The first-order chi connectivity index (χ1) is 20.2. The van der Waals surface area contributed by atoms with Gasteiger partial charge >= 0.3 is 6.09 Å². The van der Waals surface area contributed by atoms with Crippen LogP contribution in [0.4, 0.5) is 9.18 Å². The van der Waals surface area contributed by atoms with Crippen molar-refractivity contribution in [2.45, 2.75) is 58.3 Å². The Morgan fingerprint density at radius 2 is 1.48 bits per heavy atom. The molecule has 0 saturated carbocycles. The third-order valence-corrected chi connectivity index (χ3v) is 7.18. The Morgan fingerprint density at radius 1 is 0.857 bits per heavy atom. The zero-order valence-corrected chi connectivity index (χ0v) is 24.4. The van der Waals surface area contributed by atoms with Crippen LogP contribution >= 0.6 is 0 Å². The molecule has 5 rings (SSSR count). The summed E-state index contributed by atoms with van der Waals surface area (Å²) in [6.07, 6.45) is 1.04. The molecule has 1 aliphatic rings. The Kier molecular flexibility index (Phi) is 9.06. The molecule has 1 fully saturated rings. The van der Waals surface area contributed by atoms with E-state index in [9.17, 15) is 4.79 Å². The number of nitrogens with zero attached hydrogens (tertiary/aromatic N) is 2. The van der Waals surface area contributed by atoms with Crippen LogP contribution in [0.15, 0.2) is 91.0 Å². The second kappa shape index (κ2) is 13.1. The van der Waals surface area contributed by atoms with E-state index in [-0.39, 0.29) is 17.8 Å². The third-order valence-electron chi connectivity index (χ3n) is 7.18. The summed E-state index contributed by atoms with van der Waals surface area (Å²) in [5.41, 5.74) is 3.51. The topological polar surface area (TPSA) is 60.9 Å². The molecule has 218 valence electrons. The van der Waals surface area contributed by atoms with Gasteiger partial charge in [0.15, 0.2) is 0 Å². The maximum absolute atomic E-state index is 15.6. The lowest BCUT2D eigenvalue weighted by molar-refractivity contribution is 0.0204. The number of likely N-dealkylation sites (tertiary alicyclic amines) is 1. The first-order valence-corrected chi connectivity index (χ1v) is 14.4. The number of piperidine rings is 1. The van der Waals surface area contributed by atoms with Crippen LogP contribution in [-0.4, -0.2) is 34.7 Å². The number of pyridine rings is 1. The predicted octanol–water partition coefficient (Wildman–Crippen LogP) is 8.16. The number of ether oxygens (including phenoxy) is 3. The van der Waals surface area contributed by atoms with E-state index >= 15 is 4.39 Å². The number of carbonyl (C=O) groups excluding carboxylic acids is 1. The fourth-order valence-electron chi connectivity index (χ4n) is 5.02. The van der Waals surface area contributed by atoms with E-state index in [1.165, 1.54) is 0 Å². The fourth-order valence-corrected chi connectivity index (χ4v) is 5.02. The monoisotopic (exact) mass is 568 g/mol. The first-order valence-electron chi connectivity index (χ1n) is 14.4. The quantitative estimate of drug-likeness (QED) is 0.215. The first kappa shape index (κ1) is 29.1. The minimum Gasteiger partial charge on any atom is -0.473 e. The maximum Gasteiger partial charge on any atom is 0.410 e. The molecule has 4 aromatic rings. The van der Waals surface area contributed by atoms with Gasteiger partial charge in [-0.15, -0.1) is 0 Å². The molecular weight excluding hydrogens is 531 g/mol. The van der Waals surface area contributed by atoms with Crippen molar-refractivity contribution >= 4 is 6.09 Å². The van der Waals surface area contributed by atoms with Gasteiger partial charge in [-0.2, -0.15) is 4.98 Å². The van der Waals surface area contributed by atoms with Crippen LogP contribution < -0.4 is 9.47 Å². The lowest BCUT2D eigenvalue weighted by atomic mass is 9.88. The molecule has 1 aliphatic heterocycles. The Balaban J connectivity index is 1.32. The van der Waals surface area contributed by atoms with Crippen molar-refractivity contribution in [3.8, 4) is 22.9 Å². The number of aromatic nitrogens is 1. The summed E-state index contributed by atoms with van der Waals surface area (Å²) in [6.45, 7) is 7.33. The molecule has 0 aliphatic carbocycles. The average molecular weight is 569 g/mol. The van der Waals surface area contributed by atoms with Crippen LogP contribution in [0.1, 0.15) is 56.2 Å². The van der Waals surface area contributed by atoms with Crippen molar-refractivity contribution in [1.29, 1.82) is 0 Å². The normalized spacial score (nSPS) is 14.0. The molecule has 42 heavy (non-hydrogen) atoms. The van der Waals surface area contributed by atoms with Gasteiger partial charge in [-0.25, -0.2) is 9.18 Å². The van der Waals surface area contributed by atoms with E-state index in [1.807, 2.05) is 99.6 Å². The summed E-state index contributed by atoms with van der Waals surface area (Å²) < 4.78 is 33.2. The van der Waals surface area contributed by atoms with E-state index in [0.29, 0.717) is 67.6 Å². The van der Waals surface area contributed by atoms with E-state index in [4.69, 9.17) is 14.2 Å². The van der Waals surface area contributed by atoms with Crippen LogP contribution in [-0.2, 0) is 18.0 Å². The van der Waals surface area contributed by atoms with Crippen molar-refractivity contribution in [3.63, 3.8) is 0 Å². The van der Waals surface area contributed by atoms with Crippen molar-refractivity contribution < 1.29 is 23.4 Å². The number of benzene rings is 3. The summed E-state index contributed by atoms with van der Waals surface area (Å²) in [4.78, 5) is 18.8. The minimum atomic E-state index is -0.541. The molecule has 6 nitrogen and oxygen atoms in total. The second-order valence-electron chi connectivity index (χ2n) is 11.5. The highest BCUT2D eigenvalue weighted by atomic mass is 19.1. The number of amides is 1. The molecule has 3 aromatic carbocycles. The zero-order chi connectivity index (χ0) is 29.5. The molecule has 0 atom stereocenters. The Hall–Kier alpha value is -4.39. The van der Waals surface area contributed by atoms with E-state index in [2.05, 4.69) is 4.98 Å². The summed E-state index contributed by atoms with van der Waals surface area (Å²) >= 11 is 0. The highest BCUT2D eigenvalue weighted by molar-refractivity contribution is 5.70. The summed E-state index contributed by atoms with van der Waals surface area (Å²) in [5.74, 6) is 0.557. The second-order valence-corrected chi connectivity index (χ2v) is 11.5. The standard InChI is InChI=1S/C35H37FN2O4/c1-35(2,3)42-34(39)38-20-18-27(19-21-38)29-15-14-28(22-31(29)36)30-16-17-32(40-23-25-10-6-4-7-11-25)37-33(30)41-24-26-12-8-5-9-13-26/h4-17,22,27H,18-21,23-24H2,1-3H3. The van der Waals surface area contributed by atoms with Crippen molar-refractivity contribution in [2.24, 2.45) is 0 Å². The molecular formula is C35H37FN2O4. The summed E-state index contributed by atoms with van der Waals surface area (Å²) in [5, 5.41) is 0. The number of halogens is 1. The smallest absolute Gasteiger partial charge is 0.410 e.